The second-order valence-corrected chi connectivity index (χ2v) is 5.41. The Morgan fingerprint density at radius 1 is 1.38 bits per heavy atom. The number of esters is 1. The molecule has 0 aliphatic carbocycles. The van der Waals surface area contributed by atoms with Crippen LogP contribution in [0.15, 0.2) is 33.2 Å². The number of nitrogens with zero attached hydrogens (tertiary/aromatic N) is 1. The maximum absolute atomic E-state index is 11.7. The molecule has 0 saturated heterocycles. The number of halogens is 2. The molecule has 0 heterocycles. The molecule has 0 aliphatic rings. The second kappa shape index (κ2) is 7.89. The summed E-state index contributed by atoms with van der Waals surface area (Å²) < 4.78 is 5.34. The van der Waals surface area contributed by atoms with Gasteiger partial charge in [-0.15, -0.1) is 0 Å². The molecular weight excluding hydrogens is 412 g/mol. The predicted octanol–water partition coefficient (Wildman–Crippen LogP) is 3.18. The van der Waals surface area contributed by atoms with Crippen molar-refractivity contribution >= 4 is 55.1 Å². The number of benzene rings is 1. The third kappa shape index (κ3) is 5.27. The molecule has 0 atom stereocenters. The van der Waals surface area contributed by atoms with Crippen LogP contribution >= 0.6 is 31.9 Å². The number of allylic oxidation sites excluding steroid dienone is 1. The van der Waals surface area contributed by atoms with Crippen LogP contribution in [0.4, 0.5) is 11.4 Å². The van der Waals surface area contributed by atoms with Gasteiger partial charge in [-0.05, 0) is 38.8 Å². The lowest BCUT2D eigenvalue weighted by Gasteiger charge is -2.09. The molecule has 0 bridgehead atoms. The van der Waals surface area contributed by atoms with Gasteiger partial charge >= 0.3 is 5.97 Å². The van der Waals surface area contributed by atoms with E-state index in [0.717, 1.165) is 0 Å². The number of ether oxygens (including phenoxy) is 1. The van der Waals surface area contributed by atoms with Crippen molar-refractivity contribution < 1.29 is 19.2 Å². The molecule has 112 valence electrons. The molecule has 0 radical (unpaired) electrons. The van der Waals surface area contributed by atoms with Gasteiger partial charge in [-0.1, -0.05) is 6.08 Å². The van der Waals surface area contributed by atoms with Gasteiger partial charge in [0.05, 0.1) is 10.6 Å². The molecule has 1 amide bonds. The van der Waals surface area contributed by atoms with Gasteiger partial charge in [0.15, 0.2) is 6.61 Å². The number of anilines is 1. The summed E-state index contributed by atoms with van der Waals surface area (Å²) in [6.07, 6.45) is 2.68. The molecule has 9 heteroatoms. The van der Waals surface area contributed by atoms with E-state index in [1.54, 1.807) is 6.92 Å². The molecule has 0 saturated carbocycles. The van der Waals surface area contributed by atoms with Crippen LogP contribution in [-0.4, -0.2) is 23.4 Å². The minimum absolute atomic E-state index is 0.133. The quantitative estimate of drug-likeness (QED) is 0.340. The Bertz CT molecular complexity index is 593. The van der Waals surface area contributed by atoms with Crippen LogP contribution in [0.5, 0.6) is 0 Å². The molecule has 1 aromatic rings. The Hall–Kier alpha value is -1.74. The minimum Gasteiger partial charge on any atom is -0.452 e. The van der Waals surface area contributed by atoms with Gasteiger partial charge in [-0.25, -0.2) is 4.79 Å². The Balaban J connectivity index is 2.77. The number of hydrogen-bond acceptors (Lipinski definition) is 5. The third-order valence-electron chi connectivity index (χ3n) is 2.15. The average molecular weight is 422 g/mol. The first-order valence-corrected chi connectivity index (χ1v) is 7.16. The normalized spacial score (nSPS) is 10.4. The van der Waals surface area contributed by atoms with Gasteiger partial charge in [-0.2, -0.15) is 0 Å². The van der Waals surface area contributed by atoms with Gasteiger partial charge in [0.25, 0.3) is 11.6 Å². The Labute approximate surface area is 136 Å². The first-order valence-electron chi connectivity index (χ1n) is 5.58. The topological polar surface area (TPSA) is 98.5 Å². The van der Waals surface area contributed by atoms with Crippen molar-refractivity contribution in [2.24, 2.45) is 0 Å². The summed E-state index contributed by atoms with van der Waals surface area (Å²) in [7, 11) is 0. The lowest BCUT2D eigenvalue weighted by molar-refractivity contribution is -0.385. The number of nitrogens with one attached hydrogen (secondary N) is 1. The van der Waals surface area contributed by atoms with Crippen LogP contribution in [0.25, 0.3) is 0 Å². The van der Waals surface area contributed by atoms with E-state index in [2.05, 4.69) is 41.9 Å². The van der Waals surface area contributed by atoms with Crippen molar-refractivity contribution in [3.63, 3.8) is 0 Å². The van der Waals surface area contributed by atoms with Crippen LogP contribution in [0.2, 0.25) is 0 Å². The number of hydrogen-bond donors (Lipinski definition) is 1. The van der Waals surface area contributed by atoms with E-state index in [0.29, 0.717) is 14.6 Å². The molecule has 1 aromatic carbocycles. The minimum atomic E-state index is -0.630. The number of rotatable bonds is 5. The number of non-ortho nitro benzene ring substituents is 1. The molecular formula is C12H10Br2N2O5. The van der Waals surface area contributed by atoms with Crippen molar-refractivity contribution in [1.82, 2.24) is 0 Å². The maximum atomic E-state index is 11.7. The zero-order chi connectivity index (χ0) is 16.0. The highest BCUT2D eigenvalue weighted by Crippen LogP contribution is 2.35. The molecule has 7 nitrogen and oxygen atoms in total. The fourth-order valence-electron chi connectivity index (χ4n) is 1.28. The Kier molecular flexibility index (Phi) is 6.50. The molecule has 21 heavy (non-hydrogen) atoms. The molecule has 0 aliphatic heterocycles. The van der Waals surface area contributed by atoms with Crippen molar-refractivity contribution in [3.8, 4) is 0 Å². The van der Waals surface area contributed by atoms with Gasteiger partial charge in [-0.3, -0.25) is 14.9 Å². The number of nitro groups is 1. The highest BCUT2D eigenvalue weighted by Gasteiger charge is 2.16. The van der Waals surface area contributed by atoms with Crippen molar-refractivity contribution in [1.29, 1.82) is 0 Å². The van der Waals surface area contributed by atoms with Crippen molar-refractivity contribution in [2.45, 2.75) is 6.92 Å². The summed E-state index contributed by atoms with van der Waals surface area (Å²) in [5.41, 5.74) is 0.180. The first-order chi connectivity index (χ1) is 9.85. The highest BCUT2D eigenvalue weighted by atomic mass is 79.9. The average Bonchev–Trinajstić information content (AvgIpc) is 2.40. The van der Waals surface area contributed by atoms with Crippen LogP contribution < -0.4 is 5.32 Å². The lowest BCUT2D eigenvalue weighted by Crippen LogP contribution is -2.20. The summed E-state index contributed by atoms with van der Waals surface area (Å²) in [5, 5.41) is 13.2. The van der Waals surface area contributed by atoms with Crippen LogP contribution in [0, 0.1) is 10.1 Å². The van der Waals surface area contributed by atoms with Crippen LogP contribution in [0.3, 0.4) is 0 Å². The Morgan fingerprint density at radius 3 is 2.43 bits per heavy atom. The SMILES string of the molecule is CC=CC(=O)OCC(=O)Nc1c(Br)cc([N+](=O)[O-])cc1Br. The van der Waals surface area contributed by atoms with Gasteiger partial charge in [0, 0.05) is 27.2 Å². The molecule has 0 spiro atoms. The highest BCUT2D eigenvalue weighted by molar-refractivity contribution is 9.11. The van der Waals surface area contributed by atoms with E-state index in [1.165, 1.54) is 24.3 Å². The smallest absolute Gasteiger partial charge is 0.330 e. The molecule has 1 rings (SSSR count). The van der Waals surface area contributed by atoms with Crippen LogP contribution in [0.1, 0.15) is 6.92 Å². The van der Waals surface area contributed by atoms with Gasteiger partial charge in [0.1, 0.15) is 0 Å². The van der Waals surface area contributed by atoms with Crippen molar-refractivity contribution in [3.05, 3.63) is 43.3 Å². The second-order valence-electron chi connectivity index (χ2n) is 3.70. The van der Waals surface area contributed by atoms with Gasteiger partial charge in [0.2, 0.25) is 0 Å². The lowest BCUT2D eigenvalue weighted by atomic mass is 10.3. The Morgan fingerprint density at radius 2 is 1.95 bits per heavy atom. The standard InChI is InChI=1S/C12H10Br2N2O5/c1-2-3-11(18)21-6-10(17)15-12-8(13)4-7(16(19)20)5-9(12)14/h2-5H,6H2,1H3,(H,15,17). The third-order valence-corrected chi connectivity index (χ3v) is 3.40. The predicted molar refractivity (Wildman–Crippen MR) is 82.9 cm³/mol. The molecule has 1 N–H and O–H groups in total. The number of carbonyl (C=O) groups excluding carboxylic acids is 2. The molecule has 0 aromatic heterocycles. The maximum Gasteiger partial charge on any atom is 0.330 e. The van der Waals surface area contributed by atoms with Crippen LogP contribution in [-0.2, 0) is 14.3 Å². The zero-order valence-corrected chi connectivity index (χ0v) is 13.9. The summed E-state index contributed by atoms with van der Waals surface area (Å²) in [5.74, 6) is -1.20. The summed E-state index contributed by atoms with van der Waals surface area (Å²) in [6.45, 7) is 1.19. The van der Waals surface area contributed by atoms with E-state index < -0.39 is 23.4 Å². The van der Waals surface area contributed by atoms with E-state index in [1.807, 2.05) is 0 Å². The fraction of sp³-hybridized carbons (Fsp3) is 0.167. The monoisotopic (exact) mass is 420 g/mol. The molecule has 0 fully saturated rings. The fourth-order valence-corrected chi connectivity index (χ4v) is 2.64. The number of nitro benzene ring substituents is 1. The van der Waals surface area contributed by atoms with Gasteiger partial charge < -0.3 is 10.1 Å². The molecule has 0 unspecified atom stereocenters. The number of carbonyl (C=O) groups is 2. The summed E-state index contributed by atoms with van der Waals surface area (Å²) in [6, 6.07) is 2.51. The number of amides is 1. The largest absolute Gasteiger partial charge is 0.452 e. The van der Waals surface area contributed by atoms with E-state index in [9.17, 15) is 19.7 Å². The zero-order valence-electron chi connectivity index (χ0n) is 10.8. The van der Waals surface area contributed by atoms with Crippen molar-refractivity contribution in [2.75, 3.05) is 11.9 Å². The summed E-state index contributed by atoms with van der Waals surface area (Å²) in [4.78, 5) is 32.9. The van der Waals surface area contributed by atoms with E-state index in [4.69, 9.17) is 0 Å². The first kappa shape index (κ1) is 17.3. The van der Waals surface area contributed by atoms with E-state index in [-0.39, 0.29) is 5.69 Å². The summed E-state index contributed by atoms with van der Waals surface area (Å²) >= 11 is 6.26. The van der Waals surface area contributed by atoms with E-state index >= 15 is 0 Å².